The van der Waals surface area contributed by atoms with Gasteiger partial charge in [-0.2, -0.15) is 9.57 Å². The van der Waals surface area contributed by atoms with Crippen LogP contribution in [-0.2, 0) is 10.0 Å². The second-order valence-electron chi connectivity index (χ2n) is 5.07. The van der Waals surface area contributed by atoms with Crippen LogP contribution in [0.4, 0.5) is 0 Å². The summed E-state index contributed by atoms with van der Waals surface area (Å²) in [5, 5.41) is 12.0. The molecule has 0 bridgehead atoms. The molecule has 0 aromatic heterocycles. The van der Waals surface area contributed by atoms with Crippen molar-refractivity contribution >= 4 is 10.0 Å². The highest BCUT2D eigenvalue weighted by Crippen LogP contribution is 2.20. The first kappa shape index (κ1) is 17.6. The van der Waals surface area contributed by atoms with Crippen LogP contribution in [0, 0.1) is 17.2 Å². The zero-order valence-corrected chi connectivity index (χ0v) is 13.8. The molecule has 0 fully saturated rings. The lowest BCUT2D eigenvalue weighted by Crippen LogP contribution is -2.34. The van der Waals surface area contributed by atoms with Crippen LogP contribution in [0.2, 0.25) is 0 Å². The fourth-order valence-corrected chi connectivity index (χ4v) is 3.53. The first-order valence-corrected chi connectivity index (χ1v) is 8.47. The summed E-state index contributed by atoms with van der Waals surface area (Å²) in [4.78, 5) is 0.265. The van der Waals surface area contributed by atoms with Gasteiger partial charge in [0.1, 0.15) is 0 Å². The molecule has 1 aromatic rings. The molecule has 1 N–H and O–H groups in total. The van der Waals surface area contributed by atoms with Crippen molar-refractivity contribution in [3.05, 3.63) is 29.8 Å². The van der Waals surface area contributed by atoms with E-state index in [0.29, 0.717) is 6.54 Å². The van der Waals surface area contributed by atoms with E-state index in [1.807, 2.05) is 26.1 Å². The molecule has 6 heteroatoms. The molecule has 0 aliphatic rings. The van der Waals surface area contributed by atoms with E-state index in [1.54, 1.807) is 26.0 Å². The van der Waals surface area contributed by atoms with Crippen LogP contribution in [-0.4, -0.2) is 32.9 Å². The quantitative estimate of drug-likeness (QED) is 0.837. The van der Waals surface area contributed by atoms with E-state index in [9.17, 15) is 8.42 Å². The zero-order valence-electron chi connectivity index (χ0n) is 13.0. The Balaban J connectivity index is 3.03. The molecular formula is C15H23N3O2S. The van der Waals surface area contributed by atoms with Crippen molar-refractivity contribution in [3.8, 4) is 6.07 Å². The molecule has 0 saturated carbocycles. The van der Waals surface area contributed by atoms with Crippen molar-refractivity contribution in [2.24, 2.45) is 5.92 Å². The monoisotopic (exact) mass is 309 g/mol. The number of hydrogen-bond donors (Lipinski definition) is 1. The smallest absolute Gasteiger partial charge is 0.243 e. The lowest BCUT2D eigenvalue weighted by molar-refractivity contribution is 0.400. The number of hydrogen-bond acceptors (Lipinski definition) is 4. The number of nitriles is 1. The predicted octanol–water partition coefficient (Wildman–Crippen LogP) is 2.14. The molecule has 0 aliphatic heterocycles. The van der Waals surface area contributed by atoms with Gasteiger partial charge in [0, 0.05) is 19.1 Å². The lowest BCUT2D eigenvalue weighted by atomic mass is 10.1. The maximum atomic E-state index is 12.6. The molecule has 5 nitrogen and oxygen atoms in total. The van der Waals surface area contributed by atoms with E-state index >= 15 is 0 Å². The molecular weight excluding hydrogens is 286 g/mol. The van der Waals surface area contributed by atoms with Crippen LogP contribution in [0.5, 0.6) is 0 Å². The van der Waals surface area contributed by atoms with E-state index < -0.39 is 10.0 Å². The molecule has 2 atom stereocenters. The Labute approximate surface area is 127 Å². The third-order valence-corrected chi connectivity index (χ3v) is 5.46. The van der Waals surface area contributed by atoms with Gasteiger partial charge in [0.05, 0.1) is 16.9 Å². The van der Waals surface area contributed by atoms with Crippen LogP contribution < -0.4 is 5.32 Å². The van der Waals surface area contributed by atoms with Gasteiger partial charge >= 0.3 is 0 Å². The van der Waals surface area contributed by atoms with Crippen LogP contribution in [0.1, 0.15) is 32.4 Å². The van der Waals surface area contributed by atoms with Gasteiger partial charge in [-0.15, -0.1) is 0 Å². The maximum Gasteiger partial charge on any atom is 0.243 e. The molecule has 1 aromatic carbocycles. The Hall–Kier alpha value is -1.42. The fourth-order valence-electron chi connectivity index (χ4n) is 1.99. The largest absolute Gasteiger partial charge is 0.313 e. The Morgan fingerprint density at radius 2 is 1.86 bits per heavy atom. The third kappa shape index (κ3) is 4.27. The van der Waals surface area contributed by atoms with Crippen molar-refractivity contribution in [3.63, 3.8) is 0 Å². The third-order valence-electron chi connectivity index (χ3n) is 3.50. The molecule has 116 valence electrons. The Morgan fingerprint density at radius 1 is 1.29 bits per heavy atom. The number of rotatable bonds is 7. The van der Waals surface area contributed by atoms with Gasteiger partial charge in [-0.05, 0) is 38.6 Å². The molecule has 0 amide bonds. The highest BCUT2D eigenvalue weighted by molar-refractivity contribution is 7.89. The summed E-state index contributed by atoms with van der Waals surface area (Å²) in [7, 11) is -1.69. The lowest BCUT2D eigenvalue weighted by Gasteiger charge is -2.21. The first-order chi connectivity index (χ1) is 9.86. The summed E-state index contributed by atoms with van der Waals surface area (Å²) < 4.78 is 26.5. The van der Waals surface area contributed by atoms with Crippen LogP contribution in [0.15, 0.2) is 29.2 Å². The summed E-state index contributed by atoms with van der Waals surface area (Å²) in [6, 6.07) is 9.12. The summed E-state index contributed by atoms with van der Waals surface area (Å²) in [5.41, 5.74) is 1.03. The van der Waals surface area contributed by atoms with Gasteiger partial charge < -0.3 is 5.32 Å². The van der Waals surface area contributed by atoms with E-state index in [1.165, 1.54) is 4.31 Å². The van der Waals surface area contributed by atoms with Crippen LogP contribution >= 0.6 is 0 Å². The highest BCUT2D eigenvalue weighted by Gasteiger charge is 2.24. The predicted molar refractivity (Wildman–Crippen MR) is 83.1 cm³/mol. The topological polar surface area (TPSA) is 73.2 Å². The molecule has 0 radical (unpaired) electrons. The van der Waals surface area contributed by atoms with Crippen molar-refractivity contribution in [1.82, 2.24) is 9.62 Å². The standard InChI is InChI=1S/C15H23N3O2S/c1-5-18(11-12(2)10-16)21(19,20)15-8-6-14(7-9-15)13(3)17-4/h6-9,12-13,17H,5,11H2,1-4H3. The number of sulfonamides is 1. The number of nitrogens with one attached hydrogen (secondary N) is 1. The fraction of sp³-hybridized carbons (Fsp3) is 0.533. The van der Waals surface area contributed by atoms with Crippen LogP contribution in [0.25, 0.3) is 0 Å². The molecule has 0 aliphatic carbocycles. The van der Waals surface area contributed by atoms with Crippen molar-refractivity contribution in [2.45, 2.75) is 31.7 Å². The summed E-state index contributed by atoms with van der Waals surface area (Å²) in [6.07, 6.45) is 0. The average Bonchev–Trinajstić information content (AvgIpc) is 2.51. The van der Waals surface area contributed by atoms with Gasteiger partial charge in [-0.1, -0.05) is 19.1 Å². The normalized spacial score (nSPS) is 14.7. The van der Waals surface area contributed by atoms with E-state index in [2.05, 4.69) is 11.4 Å². The van der Waals surface area contributed by atoms with E-state index in [0.717, 1.165) is 5.56 Å². The maximum absolute atomic E-state index is 12.6. The molecule has 0 saturated heterocycles. The molecule has 2 unspecified atom stereocenters. The number of nitrogens with zero attached hydrogens (tertiary/aromatic N) is 2. The van der Waals surface area contributed by atoms with Crippen molar-refractivity contribution in [2.75, 3.05) is 20.1 Å². The van der Waals surface area contributed by atoms with Gasteiger partial charge in [0.25, 0.3) is 0 Å². The van der Waals surface area contributed by atoms with Crippen molar-refractivity contribution < 1.29 is 8.42 Å². The summed E-state index contributed by atoms with van der Waals surface area (Å²) in [5.74, 6) is -0.330. The van der Waals surface area contributed by atoms with Gasteiger partial charge in [-0.3, -0.25) is 0 Å². The SMILES string of the molecule is CCN(CC(C)C#N)S(=O)(=O)c1ccc(C(C)NC)cc1. The minimum absolute atomic E-state index is 0.169. The average molecular weight is 309 g/mol. The van der Waals surface area contributed by atoms with Crippen molar-refractivity contribution in [1.29, 1.82) is 5.26 Å². The Morgan fingerprint density at radius 3 is 2.29 bits per heavy atom. The van der Waals surface area contributed by atoms with E-state index in [4.69, 9.17) is 5.26 Å². The molecule has 0 heterocycles. The Bertz CT molecular complexity index is 590. The van der Waals surface area contributed by atoms with E-state index in [-0.39, 0.29) is 23.4 Å². The molecule has 0 spiro atoms. The first-order valence-electron chi connectivity index (χ1n) is 7.03. The number of benzene rings is 1. The molecule has 21 heavy (non-hydrogen) atoms. The second kappa shape index (κ2) is 7.55. The molecule has 1 rings (SSSR count). The van der Waals surface area contributed by atoms with Gasteiger partial charge in [0.15, 0.2) is 0 Å². The van der Waals surface area contributed by atoms with Gasteiger partial charge in [-0.25, -0.2) is 8.42 Å². The zero-order chi connectivity index (χ0) is 16.0. The second-order valence-corrected chi connectivity index (χ2v) is 7.00. The Kier molecular flexibility index (Phi) is 6.34. The summed E-state index contributed by atoms with van der Waals surface area (Å²) in [6.45, 7) is 6.07. The van der Waals surface area contributed by atoms with Crippen LogP contribution in [0.3, 0.4) is 0 Å². The van der Waals surface area contributed by atoms with Gasteiger partial charge in [0.2, 0.25) is 10.0 Å². The minimum Gasteiger partial charge on any atom is -0.313 e. The summed E-state index contributed by atoms with van der Waals surface area (Å²) >= 11 is 0. The minimum atomic E-state index is -3.54. The highest BCUT2D eigenvalue weighted by atomic mass is 32.2.